The molecule has 2 radical (unpaired) electrons. The number of aromatic nitrogens is 2. The van der Waals surface area contributed by atoms with Crippen molar-refractivity contribution in [3.63, 3.8) is 0 Å². The fraction of sp³-hybridized carbons (Fsp3) is 0.0714. The molecule has 6 aromatic carbocycles. The van der Waals surface area contributed by atoms with Crippen LogP contribution in [0.4, 0.5) is 0 Å². The maximum atomic E-state index is 4.39. The topological polar surface area (TPSA) is 17.8 Å². The predicted octanol–water partition coefficient (Wildman–Crippen LogP) is 6.48. The molecular weight excluding hydrogens is 571 g/mol. The lowest BCUT2D eigenvalue weighted by molar-refractivity contribution is 0.596. The van der Waals surface area contributed by atoms with Crippen molar-refractivity contribution in [2.24, 2.45) is 0 Å². The molecule has 4 heteroatoms. The van der Waals surface area contributed by atoms with Gasteiger partial charge in [-0.05, 0) is 25.0 Å². The molecule has 7 aromatic rings. The molecule has 0 saturated carbocycles. The van der Waals surface area contributed by atoms with E-state index in [9.17, 15) is 0 Å². The molecule has 7 rings (SSSR count). The standard InChI is InChI=1S/C24H22N2Si.C18H15B/c1-19-8-6-10-21(16-19)24(26-15-14-25-18-26,22-11-7-9-20(2)17-22)27-23-12-4-3-5-13-23;1-4-10-16(11-5-1)19(17-12-6-2-7-13-17)18-14-8-3-9-15-18/h3-18H,1-2H3;1-15H. The van der Waals surface area contributed by atoms with Crippen LogP contribution in [0.25, 0.3) is 0 Å². The SMILES string of the molecule is Cc1cccc(C([Si]c2ccccc2)(c2cccc(C)c2)n2ccnc2)c1.c1ccc(B(c2ccccc2)c2ccccc2)cc1. The van der Waals surface area contributed by atoms with Crippen molar-refractivity contribution in [2.45, 2.75) is 19.0 Å². The van der Waals surface area contributed by atoms with Crippen molar-refractivity contribution >= 4 is 37.8 Å². The summed E-state index contributed by atoms with van der Waals surface area (Å²) in [6.45, 7) is 4.62. The Kier molecular flexibility index (Phi) is 9.87. The van der Waals surface area contributed by atoms with Gasteiger partial charge in [-0.2, -0.15) is 0 Å². The Bertz CT molecular complexity index is 1790. The zero-order valence-electron chi connectivity index (χ0n) is 26.4. The summed E-state index contributed by atoms with van der Waals surface area (Å²) in [7, 11) is 0.531. The zero-order valence-corrected chi connectivity index (χ0v) is 27.4. The summed E-state index contributed by atoms with van der Waals surface area (Å²) in [5.41, 5.74) is 9.10. The molecule has 0 unspecified atom stereocenters. The first kappa shape index (κ1) is 30.8. The molecule has 0 bridgehead atoms. The Labute approximate surface area is 276 Å². The zero-order chi connectivity index (χ0) is 31.6. The van der Waals surface area contributed by atoms with Crippen molar-refractivity contribution in [1.29, 1.82) is 0 Å². The van der Waals surface area contributed by atoms with Gasteiger partial charge in [0.1, 0.15) is 9.52 Å². The van der Waals surface area contributed by atoms with Crippen LogP contribution in [0.5, 0.6) is 0 Å². The van der Waals surface area contributed by atoms with E-state index in [0.717, 1.165) is 0 Å². The monoisotopic (exact) mass is 608 g/mol. The van der Waals surface area contributed by atoms with Gasteiger partial charge in [-0.3, -0.25) is 0 Å². The summed E-state index contributed by atoms with van der Waals surface area (Å²) in [6, 6.07) is 60.5. The summed E-state index contributed by atoms with van der Waals surface area (Å²) in [6.07, 6.45) is 5.90. The van der Waals surface area contributed by atoms with Crippen molar-refractivity contribution in [1.82, 2.24) is 9.55 Å². The minimum absolute atomic E-state index is 0.309. The number of nitrogens with zero attached hydrogens (tertiary/aromatic N) is 2. The van der Waals surface area contributed by atoms with E-state index in [4.69, 9.17) is 0 Å². The van der Waals surface area contributed by atoms with E-state index < -0.39 is 0 Å². The molecule has 1 heterocycles. The quantitative estimate of drug-likeness (QED) is 0.181. The van der Waals surface area contributed by atoms with Gasteiger partial charge >= 0.3 is 0 Å². The molecule has 46 heavy (non-hydrogen) atoms. The second-order valence-corrected chi connectivity index (χ2v) is 13.1. The molecule has 1 aromatic heterocycles. The highest BCUT2D eigenvalue weighted by Gasteiger charge is 2.37. The maximum Gasteiger partial charge on any atom is 0.241 e. The van der Waals surface area contributed by atoms with Crippen LogP contribution in [-0.4, -0.2) is 25.8 Å². The fourth-order valence-electron chi connectivity index (χ4n) is 6.12. The lowest BCUT2D eigenvalue weighted by atomic mass is 9.37. The Morgan fingerprint density at radius 1 is 0.522 bits per heavy atom. The molecule has 0 spiro atoms. The molecule has 0 amide bonds. The number of aryl methyl sites for hydroxylation is 2. The van der Waals surface area contributed by atoms with Crippen molar-refractivity contribution in [2.75, 3.05) is 0 Å². The van der Waals surface area contributed by atoms with E-state index >= 15 is 0 Å². The smallest absolute Gasteiger partial charge is 0.241 e. The Balaban J connectivity index is 0.000000172. The molecule has 0 atom stereocenters. The number of hydrogen-bond acceptors (Lipinski definition) is 1. The van der Waals surface area contributed by atoms with Gasteiger partial charge in [-0.1, -0.05) is 203 Å². The summed E-state index contributed by atoms with van der Waals surface area (Å²) in [5.74, 6) is 0. The van der Waals surface area contributed by atoms with Crippen LogP contribution < -0.4 is 21.6 Å². The highest BCUT2D eigenvalue weighted by atomic mass is 28.2. The molecule has 0 N–H and O–H groups in total. The predicted molar refractivity (Wildman–Crippen MR) is 197 cm³/mol. The van der Waals surface area contributed by atoms with Crippen LogP contribution in [0.15, 0.2) is 189 Å². The van der Waals surface area contributed by atoms with Crippen LogP contribution in [0, 0.1) is 13.8 Å². The maximum absolute atomic E-state index is 4.39. The van der Waals surface area contributed by atoms with Crippen molar-refractivity contribution in [3.8, 4) is 0 Å². The molecular formula is C42H37BN2Si. The first-order valence-corrected chi connectivity index (χ1v) is 16.7. The van der Waals surface area contributed by atoms with Crippen LogP contribution in [0.3, 0.4) is 0 Å². The van der Waals surface area contributed by atoms with E-state index in [-0.39, 0.29) is 5.16 Å². The molecule has 2 nitrogen and oxygen atoms in total. The lowest BCUT2D eigenvalue weighted by Crippen LogP contribution is -2.51. The van der Waals surface area contributed by atoms with E-state index in [1.165, 1.54) is 43.8 Å². The molecule has 0 aliphatic rings. The average molecular weight is 609 g/mol. The second-order valence-electron chi connectivity index (χ2n) is 11.6. The Morgan fingerprint density at radius 3 is 1.35 bits per heavy atom. The highest BCUT2D eigenvalue weighted by molar-refractivity contribution is 6.95. The summed E-state index contributed by atoms with van der Waals surface area (Å²) in [5, 5.41) is 1.00. The van der Waals surface area contributed by atoms with Gasteiger partial charge in [0, 0.05) is 12.4 Å². The fourth-order valence-corrected chi connectivity index (χ4v) is 7.75. The van der Waals surface area contributed by atoms with Crippen LogP contribution in [0.2, 0.25) is 0 Å². The largest absolute Gasteiger partial charge is 0.326 e. The van der Waals surface area contributed by atoms with Crippen molar-refractivity contribution < 1.29 is 0 Å². The molecule has 222 valence electrons. The average Bonchev–Trinajstić information content (AvgIpc) is 3.65. The van der Waals surface area contributed by atoms with Crippen LogP contribution in [-0.2, 0) is 5.16 Å². The van der Waals surface area contributed by atoms with Gasteiger partial charge in [0.2, 0.25) is 6.71 Å². The van der Waals surface area contributed by atoms with E-state index in [1.54, 1.807) is 0 Å². The third kappa shape index (κ3) is 7.04. The number of benzene rings is 6. The van der Waals surface area contributed by atoms with Gasteiger partial charge < -0.3 is 4.57 Å². The molecule has 0 saturated heterocycles. The highest BCUT2D eigenvalue weighted by Crippen LogP contribution is 2.34. The lowest BCUT2D eigenvalue weighted by Gasteiger charge is -2.37. The first-order chi connectivity index (χ1) is 22.6. The van der Waals surface area contributed by atoms with Crippen LogP contribution in [0.1, 0.15) is 22.3 Å². The number of hydrogen-bond donors (Lipinski definition) is 0. The van der Waals surface area contributed by atoms with Crippen molar-refractivity contribution in [3.05, 3.63) is 211 Å². The third-order valence-electron chi connectivity index (χ3n) is 8.26. The molecule has 0 aliphatic carbocycles. The van der Waals surface area contributed by atoms with Gasteiger partial charge in [0.05, 0.1) is 11.5 Å². The number of imidazole rings is 1. The summed E-state index contributed by atoms with van der Waals surface area (Å²) in [4.78, 5) is 4.39. The van der Waals surface area contributed by atoms with E-state index in [2.05, 4.69) is 199 Å². The Morgan fingerprint density at radius 2 is 0.957 bits per heavy atom. The van der Waals surface area contributed by atoms with Crippen LogP contribution >= 0.6 is 0 Å². The first-order valence-electron chi connectivity index (χ1n) is 15.7. The normalized spacial score (nSPS) is 10.9. The van der Waals surface area contributed by atoms with Gasteiger partial charge in [0.15, 0.2) is 0 Å². The van der Waals surface area contributed by atoms with E-state index in [1.807, 2.05) is 12.5 Å². The summed E-state index contributed by atoms with van der Waals surface area (Å²) >= 11 is 0. The molecule has 0 aliphatic heterocycles. The van der Waals surface area contributed by atoms with Gasteiger partial charge in [-0.25, -0.2) is 4.98 Å². The van der Waals surface area contributed by atoms with E-state index in [0.29, 0.717) is 16.2 Å². The second kappa shape index (κ2) is 14.7. The minimum atomic E-state index is -0.324. The summed E-state index contributed by atoms with van der Waals surface area (Å²) < 4.78 is 2.27. The third-order valence-corrected chi connectivity index (χ3v) is 10.1. The number of rotatable bonds is 8. The Hall–Kier alpha value is -5.19. The van der Waals surface area contributed by atoms with Gasteiger partial charge in [-0.15, -0.1) is 0 Å². The molecule has 0 fully saturated rings. The minimum Gasteiger partial charge on any atom is -0.326 e. The van der Waals surface area contributed by atoms with Gasteiger partial charge in [0.25, 0.3) is 0 Å².